The maximum Gasteiger partial charge on any atom is 0.123 e. The molecule has 1 N–H and O–H groups in total. The van der Waals surface area contributed by atoms with E-state index in [1.165, 1.54) is 18.9 Å². The van der Waals surface area contributed by atoms with Gasteiger partial charge in [0.25, 0.3) is 0 Å². The van der Waals surface area contributed by atoms with Crippen molar-refractivity contribution in [2.45, 2.75) is 45.6 Å². The van der Waals surface area contributed by atoms with E-state index in [0.717, 1.165) is 35.5 Å². The molecule has 1 aromatic rings. The average molecular weight is 314 g/mol. The van der Waals surface area contributed by atoms with Gasteiger partial charge >= 0.3 is 0 Å². The molecule has 1 nitrogen and oxygen atoms in total. The molecule has 0 spiro atoms. The van der Waals surface area contributed by atoms with Crippen molar-refractivity contribution in [1.29, 1.82) is 0 Å². The van der Waals surface area contributed by atoms with Crippen LogP contribution in [0.4, 0.5) is 4.39 Å². The fraction of sp³-hybridized carbons (Fsp3) is 0.600. The molecule has 1 aliphatic carbocycles. The second kappa shape index (κ2) is 5.70. The van der Waals surface area contributed by atoms with E-state index >= 15 is 0 Å². The Bertz CT molecular complexity index is 413. The molecule has 2 rings (SSSR count). The van der Waals surface area contributed by atoms with Crippen molar-refractivity contribution in [1.82, 2.24) is 5.32 Å². The van der Waals surface area contributed by atoms with E-state index in [1.807, 2.05) is 0 Å². The maximum atomic E-state index is 13.3. The van der Waals surface area contributed by atoms with E-state index in [0.29, 0.717) is 0 Å². The van der Waals surface area contributed by atoms with Gasteiger partial charge in [-0.1, -0.05) is 29.8 Å². The SMILES string of the molecule is CC(C)(CCNC1CC1)Cc1cc(F)ccc1Br. The van der Waals surface area contributed by atoms with Crippen LogP contribution in [0.5, 0.6) is 0 Å². The molecule has 1 fully saturated rings. The predicted octanol–water partition coefficient (Wildman–Crippen LogP) is 4.30. The Morgan fingerprint density at radius 2 is 2.11 bits per heavy atom. The first-order valence-corrected chi connectivity index (χ1v) is 7.43. The average Bonchev–Trinajstić information content (AvgIpc) is 3.07. The molecule has 1 saturated carbocycles. The third kappa shape index (κ3) is 4.36. The zero-order valence-corrected chi connectivity index (χ0v) is 12.7. The lowest BCUT2D eigenvalue weighted by atomic mass is 9.82. The lowest BCUT2D eigenvalue weighted by molar-refractivity contribution is 0.324. The number of hydrogen-bond donors (Lipinski definition) is 1. The molecule has 0 saturated heterocycles. The Labute approximate surface area is 117 Å². The second-order valence-corrected chi connectivity index (χ2v) is 6.91. The summed E-state index contributed by atoms with van der Waals surface area (Å²) in [6, 6.07) is 5.69. The zero-order chi connectivity index (χ0) is 13.2. The van der Waals surface area contributed by atoms with Crippen LogP contribution in [0.25, 0.3) is 0 Å². The van der Waals surface area contributed by atoms with E-state index in [1.54, 1.807) is 12.1 Å². The summed E-state index contributed by atoms with van der Waals surface area (Å²) < 4.78 is 14.3. The van der Waals surface area contributed by atoms with Gasteiger partial charge in [-0.15, -0.1) is 0 Å². The fourth-order valence-electron chi connectivity index (χ4n) is 2.18. The van der Waals surface area contributed by atoms with Crippen molar-refractivity contribution in [2.75, 3.05) is 6.54 Å². The highest BCUT2D eigenvalue weighted by atomic mass is 79.9. The van der Waals surface area contributed by atoms with E-state index in [4.69, 9.17) is 0 Å². The number of rotatable bonds is 6. The first kappa shape index (κ1) is 14.0. The molecule has 18 heavy (non-hydrogen) atoms. The van der Waals surface area contributed by atoms with Crippen LogP contribution in [-0.4, -0.2) is 12.6 Å². The smallest absolute Gasteiger partial charge is 0.123 e. The van der Waals surface area contributed by atoms with Crippen LogP contribution in [-0.2, 0) is 6.42 Å². The molecule has 0 radical (unpaired) electrons. The highest BCUT2D eigenvalue weighted by Crippen LogP contribution is 2.30. The van der Waals surface area contributed by atoms with Crippen LogP contribution in [0.3, 0.4) is 0 Å². The standard InChI is InChI=1S/C15H21BrFN/c1-15(2,7-8-18-13-4-5-13)10-11-9-12(17)3-6-14(11)16/h3,6,9,13,18H,4-5,7-8,10H2,1-2H3. The normalized spacial score (nSPS) is 16.0. The van der Waals surface area contributed by atoms with Crippen molar-refractivity contribution in [2.24, 2.45) is 5.41 Å². The molecule has 0 amide bonds. The van der Waals surface area contributed by atoms with Gasteiger partial charge in [0, 0.05) is 10.5 Å². The van der Waals surface area contributed by atoms with Crippen LogP contribution in [0.15, 0.2) is 22.7 Å². The highest BCUT2D eigenvalue weighted by Gasteiger charge is 2.23. The van der Waals surface area contributed by atoms with E-state index in [-0.39, 0.29) is 11.2 Å². The monoisotopic (exact) mass is 313 g/mol. The molecule has 100 valence electrons. The van der Waals surface area contributed by atoms with Crippen LogP contribution >= 0.6 is 15.9 Å². The van der Waals surface area contributed by atoms with Gasteiger partial charge in [0.2, 0.25) is 0 Å². The molecule has 0 heterocycles. The van der Waals surface area contributed by atoms with E-state index in [2.05, 4.69) is 35.1 Å². The van der Waals surface area contributed by atoms with Gasteiger partial charge in [-0.3, -0.25) is 0 Å². The van der Waals surface area contributed by atoms with Gasteiger partial charge in [-0.2, -0.15) is 0 Å². The first-order chi connectivity index (χ1) is 8.46. The van der Waals surface area contributed by atoms with E-state index < -0.39 is 0 Å². The van der Waals surface area contributed by atoms with Gasteiger partial charge in [0.05, 0.1) is 0 Å². The summed E-state index contributed by atoms with van der Waals surface area (Å²) in [5, 5.41) is 3.54. The van der Waals surface area contributed by atoms with Gasteiger partial charge in [-0.25, -0.2) is 4.39 Å². The molecular formula is C15H21BrFN. The van der Waals surface area contributed by atoms with E-state index in [9.17, 15) is 4.39 Å². The second-order valence-electron chi connectivity index (χ2n) is 6.06. The molecule has 0 aliphatic heterocycles. The highest BCUT2D eigenvalue weighted by molar-refractivity contribution is 9.10. The summed E-state index contributed by atoms with van der Waals surface area (Å²) >= 11 is 3.50. The minimum atomic E-state index is -0.153. The lowest BCUT2D eigenvalue weighted by Gasteiger charge is -2.25. The molecule has 0 unspecified atom stereocenters. The third-order valence-electron chi connectivity index (χ3n) is 3.49. The Hall–Kier alpha value is -0.410. The Kier molecular flexibility index (Phi) is 4.44. The van der Waals surface area contributed by atoms with Crippen molar-refractivity contribution in [3.63, 3.8) is 0 Å². The number of nitrogens with one attached hydrogen (secondary N) is 1. The Balaban J connectivity index is 1.90. The fourth-order valence-corrected chi connectivity index (χ4v) is 2.57. The summed E-state index contributed by atoms with van der Waals surface area (Å²) in [7, 11) is 0. The molecule has 0 atom stereocenters. The van der Waals surface area contributed by atoms with Crippen molar-refractivity contribution < 1.29 is 4.39 Å². The largest absolute Gasteiger partial charge is 0.314 e. The molecule has 0 aromatic heterocycles. The molecule has 3 heteroatoms. The quantitative estimate of drug-likeness (QED) is 0.825. The van der Waals surface area contributed by atoms with Crippen molar-refractivity contribution in [3.8, 4) is 0 Å². The first-order valence-electron chi connectivity index (χ1n) is 6.64. The predicted molar refractivity (Wildman–Crippen MR) is 77.2 cm³/mol. The maximum absolute atomic E-state index is 13.3. The number of hydrogen-bond acceptors (Lipinski definition) is 1. The van der Waals surface area contributed by atoms with Crippen LogP contribution in [0, 0.1) is 11.2 Å². The third-order valence-corrected chi connectivity index (χ3v) is 4.26. The summed E-state index contributed by atoms with van der Waals surface area (Å²) in [4.78, 5) is 0. The molecule has 1 aromatic carbocycles. The van der Waals surface area contributed by atoms with Gasteiger partial charge in [-0.05, 0) is 61.4 Å². The van der Waals surface area contributed by atoms with Crippen molar-refractivity contribution >= 4 is 15.9 Å². The number of benzene rings is 1. The van der Waals surface area contributed by atoms with Crippen LogP contribution in [0.2, 0.25) is 0 Å². The zero-order valence-electron chi connectivity index (χ0n) is 11.1. The minimum Gasteiger partial charge on any atom is -0.314 e. The van der Waals surface area contributed by atoms with Gasteiger partial charge < -0.3 is 5.32 Å². The van der Waals surface area contributed by atoms with Crippen molar-refractivity contribution in [3.05, 3.63) is 34.1 Å². The summed E-state index contributed by atoms with van der Waals surface area (Å²) in [6.07, 6.45) is 4.68. The number of halogens is 2. The molecule has 0 bridgehead atoms. The van der Waals surface area contributed by atoms with Gasteiger partial charge in [0.15, 0.2) is 0 Å². The van der Waals surface area contributed by atoms with Crippen LogP contribution < -0.4 is 5.32 Å². The van der Waals surface area contributed by atoms with Gasteiger partial charge in [0.1, 0.15) is 5.82 Å². The molecule has 1 aliphatic rings. The lowest BCUT2D eigenvalue weighted by Crippen LogP contribution is -2.25. The minimum absolute atomic E-state index is 0.153. The Morgan fingerprint density at radius 3 is 2.78 bits per heavy atom. The topological polar surface area (TPSA) is 12.0 Å². The van der Waals surface area contributed by atoms with Crippen LogP contribution in [0.1, 0.15) is 38.7 Å². The Morgan fingerprint density at radius 1 is 1.39 bits per heavy atom. The summed E-state index contributed by atoms with van der Waals surface area (Å²) in [5.74, 6) is -0.153. The molecular weight excluding hydrogens is 293 g/mol. The summed E-state index contributed by atoms with van der Waals surface area (Å²) in [6.45, 7) is 5.56. The summed E-state index contributed by atoms with van der Waals surface area (Å²) in [5.41, 5.74) is 1.25.